The fourth-order valence-electron chi connectivity index (χ4n) is 1.16. The maximum atomic E-state index is 12.1. The summed E-state index contributed by atoms with van der Waals surface area (Å²) in [5.41, 5.74) is 0.877. The van der Waals surface area contributed by atoms with Crippen molar-refractivity contribution in [2.24, 2.45) is 0 Å². The van der Waals surface area contributed by atoms with Gasteiger partial charge in [-0.2, -0.15) is 8.78 Å². The Bertz CT molecular complexity index is 345. The Balaban J connectivity index is 3.06. The van der Waals surface area contributed by atoms with Crippen molar-refractivity contribution in [1.29, 1.82) is 0 Å². The Kier molecular flexibility index (Phi) is 3.71. The van der Waals surface area contributed by atoms with Crippen LogP contribution in [0.5, 0.6) is 5.75 Å². The molecule has 0 heterocycles. The van der Waals surface area contributed by atoms with Crippen LogP contribution in [0.1, 0.15) is 26.3 Å². The van der Waals surface area contributed by atoms with Gasteiger partial charge in [-0.15, -0.1) is 0 Å². The molecule has 0 N–H and O–H groups in total. The first-order chi connectivity index (χ1) is 6.80. The molecule has 0 bridgehead atoms. The zero-order valence-electron chi connectivity index (χ0n) is 8.85. The maximum absolute atomic E-state index is 12.1. The first-order valence-electron chi connectivity index (χ1n) is 4.55. The van der Waals surface area contributed by atoms with Gasteiger partial charge in [0, 0.05) is 0 Å². The normalized spacial score (nSPS) is 11.9. The van der Waals surface area contributed by atoms with Gasteiger partial charge in [0.1, 0.15) is 5.75 Å². The summed E-state index contributed by atoms with van der Waals surface area (Å²) in [7, 11) is 0. The topological polar surface area (TPSA) is 9.23 Å². The molecule has 0 unspecified atom stereocenters. The molecule has 4 heteroatoms. The Hall–Kier alpha value is -0.640. The molecule has 0 spiro atoms. The smallest absolute Gasteiger partial charge is 0.387 e. The minimum atomic E-state index is -2.79. The fraction of sp³-hybridized carbons (Fsp3) is 0.455. The van der Waals surface area contributed by atoms with Crippen LogP contribution in [0.15, 0.2) is 22.7 Å². The van der Waals surface area contributed by atoms with Crippen LogP contribution >= 0.6 is 15.9 Å². The van der Waals surface area contributed by atoms with E-state index in [1.807, 2.05) is 26.8 Å². The van der Waals surface area contributed by atoms with Crippen LogP contribution in [0, 0.1) is 0 Å². The summed E-state index contributed by atoms with van der Waals surface area (Å²) in [6.07, 6.45) is 0. The predicted octanol–water partition coefficient (Wildman–Crippen LogP) is 4.35. The van der Waals surface area contributed by atoms with E-state index in [4.69, 9.17) is 0 Å². The van der Waals surface area contributed by atoms with Crippen LogP contribution < -0.4 is 4.74 Å². The highest BCUT2D eigenvalue weighted by Crippen LogP contribution is 2.32. The van der Waals surface area contributed by atoms with E-state index >= 15 is 0 Å². The molecular weight excluding hydrogens is 266 g/mol. The third kappa shape index (κ3) is 3.45. The number of halogens is 3. The Labute approximate surface area is 96.6 Å². The van der Waals surface area contributed by atoms with Gasteiger partial charge in [-0.3, -0.25) is 0 Å². The second-order valence-corrected chi connectivity index (χ2v) is 5.13. The summed E-state index contributed by atoms with van der Waals surface area (Å²) in [6, 6.07) is 5.25. The fourth-order valence-corrected chi connectivity index (χ4v) is 1.50. The van der Waals surface area contributed by atoms with Gasteiger partial charge >= 0.3 is 6.61 Å². The lowest BCUT2D eigenvalue weighted by atomic mass is 9.87. The molecule has 1 aromatic rings. The molecule has 0 amide bonds. The zero-order valence-corrected chi connectivity index (χ0v) is 10.4. The number of ether oxygens (including phenoxy) is 1. The quantitative estimate of drug-likeness (QED) is 0.782. The molecule has 0 aliphatic rings. The lowest BCUT2D eigenvalue weighted by Gasteiger charge is -2.20. The molecule has 15 heavy (non-hydrogen) atoms. The average Bonchev–Trinajstić information content (AvgIpc) is 2.06. The van der Waals surface area contributed by atoms with E-state index in [2.05, 4.69) is 20.7 Å². The zero-order chi connectivity index (χ0) is 11.6. The summed E-state index contributed by atoms with van der Waals surface area (Å²) in [5.74, 6) is 0.178. The van der Waals surface area contributed by atoms with Crippen LogP contribution in [-0.2, 0) is 5.41 Å². The molecule has 0 saturated carbocycles. The Morgan fingerprint density at radius 3 is 2.33 bits per heavy atom. The first kappa shape index (κ1) is 12.4. The summed E-state index contributed by atoms with van der Waals surface area (Å²) < 4.78 is 29.1. The lowest BCUT2D eigenvalue weighted by Crippen LogP contribution is -2.12. The van der Waals surface area contributed by atoms with Gasteiger partial charge in [0.2, 0.25) is 0 Å². The van der Waals surface area contributed by atoms with Gasteiger partial charge < -0.3 is 4.74 Å². The standard InChI is InChI=1S/C11H13BrF2O/c1-11(2,3)7-4-5-8(12)9(6-7)15-10(13)14/h4-6,10H,1-3H3. The number of benzene rings is 1. The molecule has 1 aromatic carbocycles. The molecule has 0 fully saturated rings. The van der Waals surface area contributed by atoms with E-state index in [-0.39, 0.29) is 11.2 Å². The molecule has 0 atom stereocenters. The van der Waals surface area contributed by atoms with Crippen LogP contribution in [0.3, 0.4) is 0 Å². The van der Waals surface area contributed by atoms with Crippen LogP contribution in [-0.4, -0.2) is 6.61 Å². The Morgan fingerprint density at radius 1 is 1.27 bits per heavy atom. The van der Waals surface area contributed by atoms with E-state index < -0.39 is 6.61 Å². The van der Waals surface area contributed by atoms with E-state index in [0.29, 0.717) is 4.47 Å². The minimum Gasteiger partial charge on any atom is -0.434 e. The summed E-state index contributed by atoms with van der Waals surface area (Å²) in [5, 5.41) is 0. The molecule has 0 aromatic heterocycles. The first-order valence-corrected chi connectivity index (χ1v) is 5.35. The van der Waals surface area contributed by atoms with Crippen LogP contribution in [0.25, 0.3) is 0 Å². The summed E-state index contributed by atoms with van der Waals surface area (Å²) in [6.45, 7) is 3.25. The number of hydrogen-bond donors (Lipinski definition) is 0. The van der Waals surface area contributed by atoms with Gasteiger partial charge in [-0.05, 0) is 39.0 Å². The third-order valence-electron chi connectivity index (χ3n) is 2.01. The van der Waals surface area contributed by atoms with Crippen molar-refractivity contribution in [3.8, 4) is 5.75 Å². The average molecular weight is 279 g/mol. The predicted molar refractivity (Wildman–Crippen MR) is 59.5 cm³/mol. The van der Waals surface area contributed by atoms with Gasteiger partial charge in [0.05, 0.1) is 4.47 Å². The molecule has 0 saturated heterocycles. The molecule has 1 nitrogen and oxygen atoms in total. The van der Waals surface area contributed by atoms with Crippen molar-refractivity contribution in [2.75, 3.05) is 0 Å². The van der Waals surface area contributed by atoms with Gasteiger partial charge in [-0.1, -0.05) is 26.8 Å². The highest BCUT2D eigenvalue weighted by atomic mass is 79.9. The molecule has 1 rings (SSSR count). The monoisotopic (exact) mass is 278 g/mol. The maximum Gasteiger partial charge on any atom is 0.387 e. The van der Waals surface area contributed by atoms with E-state index in [0.717, 1.165) is 5.56 Å². The molecular formula is C11H13BrF2O. The van der Waals surface area contributed by atoms with Crippen molar-refractivity contribution >= 4 is 15.9 Å². The van der Waals surface area contributed by atoms with Crippen LogP contribution in [0.4, 0.5) is 8.78 Å². The van der Waals surface area contributed by atoms with Crippen LogP contribution in [0.2, 0.25) is 0 Å². The number of alkyl halides is 2. The van der Waals surface area contributed by atoms with Crippen molar-refractivity contribution in [2.45, 2.75) is 32.8 Å². The van der Waals surface area contributed by atoms with Crippen molar-refractivity contribution < 1.29 is 13.5 Å². The second kappa shape index (κ2) is 4.47. The second-order valence-electron chi connectivity index (χ2n) is 4.27. The lowest BCUT2D eigenvalue weighted by molar-refractivity contribution is -0.0504. The van der Waals surface area contributed by atoms with Gasteiger partial charge in [0.25, 0.3) is 0 Å². The Morgan fingerprint density at radius 2 is 1.87 bits per heavy atom. The van der Waals surface area contributed by atoms with E-state index in [1.165, 1.54) is 0 Å². The highest BCUT2D eigenvalue weighted by molar-refractivity contribution is 9.10. The van der Waals surface area contributed by atoms with Crippen molar-refractivity contribution in [1.82, 2.24) is 0 Å². The van der Waals surface area contributed by atoms with Gasteiger partial charge in [-0.25, -0.2) is 0 Å². The van der Waals surface area contributed by atoms with E-state index in [1.54, 1.807) is 12.1 Å². The summed E-state index contributed by atoms with van der Waals surface area (Å²) in [4.78, 5) is 0. The summed E-state index contributed by atoms with van der Waals surface area (Å²) >= 11 is 3.17. The SMILES string of the molecule is CC(C)(C)c1ccc(Br)c(OC(F)F)c1. The third-order valence-corrected chi connectivity index (χ3v) is 2.67. The van der Waals surface area contributed by atoms with E-state index in [9.17, 15) is 8.78 Å². The van der Waals surface area contributed by atoms with Gasteiger partial charge in [0.15, 0.2) is 0 Å². The van der Waals surface area contributed by atoms with Crippen molar-refractivity contribution in [3.05, 3.63) is 28.2 Å². The largest absolute Gasteiger partial charge is 0.434 e. The molecule has 0 aliphatic carbocycles. The molecule has 0 radical (unpaired) electrons. The molecule has 0 aliphatic heterocycles. The minimum absolute atomic E-state index is 0.0824. The highest BCUT2D eigenvalue weighted by Gasteiger charge is 2.16. The number of rotatable bonds is 2. The number of hydrogen-bond acceptors (Lipinski definition) is 1. The van der Waals surface area contributed by atoms with Crippen molar-refractivity contribution in [3.63, 3.8) is 0 Å². The molecule has 84 valence electrons.